The van der Waals surface area contributed by atoms with Gasteiger partial charge in [0, 0.05) is 21.5 Å². The molecule has 0 amide bonds. The highest BCUT2D eigenvalue weighted by atomic mass is 32.2. The maximum absolute atomic E-state index is 3.78. The van der Waals surface area contributed by atoms with Gasteiger partial charge in [-0.05, 0) is 43.2 Å². The van der Waals surface area contributed by atoms with Crippen molar-refractivity contribution in [2.75, 3.05) is 12.3 Å². The smallest absolute Gasteiger partial charge is 0.0415 e. The van der Waals surface area contributed by atoms with E-state index in [1.807, 2.05) is 0 Å². The van der Waals surface area contributed by atoms with Crippen molar-refractivity contribution in [3.05, 3.63) is 21.4 Å². The van der Waals surface area contributed by atoms with Gasteiger partial charge in [-0.3, -0.25) is 0 Å². The molecule has 1 unspecified atom stereocenters. The number of rotatable bonds is 9. The Morgan fingerprint density at radius 2 is 2.10 bits per heavy atom. The molecule has 0 saturated heterocycles. The van der Waals surface area contributed by atoms with E-state index in [1.54, 1.807) is 15.3 Å². The molecule has 1 aliphatic heterocycles. The summed E-state index contributed by atoms with van der Waals surface area (Å²) in [6, 6.07) is 3.10. The Hall–Kier alpha value is 0.01000. The minimum absolute atomic E-state index is 0.604. The molecule has 1 aliphatic rings. The van der Waals surface area contributed by atoms with Crippen LogP contribution in [0.3, 0.4) is 0 Å². The number of nitrogens with one attached hydrogen (secondary N) is 1. The van der Waals surface area contributed by atoms with Crippen LogP contribution < -0.4 is 5.32 Å². The van der Waals surface area contributed by atoms with Gasteiger partial charge in [-0.25, -0.2) is 0 Å². The van der Waals surface area contributed by atoms with Crippen molar-refractivity contribution in [2.24, 2.45) is 0 Å². The summed E-state index contributed by atoms with van der Waals surface area (Å²) in [6.45, 7) is 5.70. The zero-order valence-electron chi connectivity index (χ0n) is 13.0. The molecule has 1 nitrogen and oxygen atoms in total. The van der Waals surface area contributed by atoms with Gasteiger partial charge in [-0.1, -0.05) is 39.5 Å². The van der Waals surface area contributed by atoms with Crippen LogP contribution in [0, 0.1) is 0 Å². The summed E-state index contributed by atoms with van der Waals surface area (Å²) in [4.78, 5) is 3.26. The number of aryl methyl sites for hydroxylation is 1. The largest absolute Gasteiger partial charge is 0.309 e. The first-order valence-corrected chi connectivity index (χ1v) is 10.2. The first-order valence-electron chi connectivity index (χ1n) is 8.27. The summed E-state index contributed by atoms with van der Waals surface area (Å²) >= 11 is 4.17. The predicted octanol–water partition coefficient (Wildman–Crippen LogP) is 5.55. The van der Waals surface area contributed by atoms with E-state index in [9.17, 15) is 0 Å². The van der Waals surface area contributed by atoms with E-state index in [2.05, 4.69) is 48.3 Å². The third-order valence-electron chi connectivity index (χ3n) is 3.98. The first-order chi connectivity index (χ1) is 9.85. The van der Waals surface area contributed by atoms with E-state index < -0.39 is 0 Å². The van der Waals surface area contributed by atoms with E-state index >= 15 is 0 Å². The van der Waals surface area contributed by atoms with Crippen molar-refractivity contribution in [1.29, 1.82) is 0 Å². The molecule has 114 valence electrons. The quantitative estimate of drug-likeness (QED) is 0.600. The molecule has 20 heavy (non-hydrogen) atoms. The van der Waals surface area contributed by atoms with Crippen LogP contribution >= 0.6 is 23.1 Å². The molecule has 0 bridgehead atoms. The fourth-order valence-corrected chi connectivity index (χ4v) is 5.27. The number of hydrogen-bond acceptors (Lipinski definition) is 3. The molecule has 1 aromatic heterocycles. The number of fused-ring (bicyclic) bond motifs is 1. The summed E-state index contributed by atoms with van der Waals surface area (Å²) in [5, 5.41) is 3.78. The summed E-state index contributed by atoms with van der Waals surface area (Å²) in [7, 11) is 0. The molecule has 0 aromatic carbocycles. The van der Waals surface area contributed by atoms with Crippen LogP contribution in [0.4, 0.5) is 0 Å². The monoisotopic (exact) mass is 311 g/mol. The molecule has 0 saturated carbocycles. The van der Waals surface area contributed by atoms with Crippen molar-refractivity contribution < 1.29 is 0 Å². The van der Waals surface area contributed by atoms with Gasteiger partial charge in [0.25, 0.3) is 0 Å². The highest BCUT2D eigenvalue weighted by Crippen LogP contribution is 2.35. The van der Waals surface area contributed by atoms with Crippen molar-refractivity contribution in [2.45, 2.75) is 70.6 Å². The van der Waals surface area contributed by atoms with Gasteiger partial charge in [0.15, 0.2) is 0 Å². The van der Waals surface area contributed by atoms with Gasteiger partial charge in [0.1, 0.15) is 0 Å². The van der Waals surface area contributed by atoms with Crippen molar-refractivity contribution >= 4 is 23.1 Å². The van der Waals surface area contributed by atoms with Gasteiger partial charge >= 0.3 is 0 Å². The molecule has 2 rings (SSSR count). The van der Waals surface area contributed by atoms with Crippen LogP contribution in [0.2, 0.25) is 0 Å². The van der Waals surface area contributed by atoms with E-state index in [0.29, 0.717) is 6.04 Å². The molecule has 0 fully saturated rings. The second-order valence-electron chi connectivity index (χ2n) is 5.76. The molecular weight excluding hydrogens is 282 g/mol. The van der Waals surface area contributed by atoms with Crippen molar-refractivity contribution in [1.82, 2.24) is 5.32 Å². The normalized spacial score (nSPS) is 16.1. The first kappa shape index (κ1) is 16.4. The average Bonchev–Trinajstić information content (AvgIpc) is 2.90. The van der Waals surface area contributed by atoms with Crippen LogP contribution in [0.25, 0.3) is 0 Å². The Balaban J connectivity index is 1.95. The molecule has 1 atom stereocenters. The third-order valence-corrected chi connectivity index (χ3v) is 6.34. The fourth-order valence-electron chi connectivity index (χ4n) is 2.78. The zero-order valence-corrected chi connectivity index (χ0v) is 14.7. The van der Waals surface area contributed by atoms with Gasteiger partial charge < -0.3 is 5.32 Å². The molecule has 0 spiro atoms. The van der Waals surface area contributed by atoms with Crippen molar-refractivity contribution in [3.63, 3.8) is 0 Å². The SMILES string of the molecule is CCCCCCC(NCCC)c1cc2c(s1)CCSC2. The summed E-state index contributed by atoms with van der Waals surface area (Å²) in [6.07, 6.45) is 9.31. The van der Waals surface area contributed by atoms with Crippen LogP contribution in [-0.2, 0) is 12.2 Å². The third kappa shape index (κ3) is 4.78. The summed E-state index contributed by atoms with van der Waals surface area (Å²) in [5.41, 5.74) is 1.62. The van der Waals surface area contributed by atoms with Gasteiger partial charge in [-0.15, -0.1) is 11.3 Å². The standard InChI is InChI=1S/C17H29NS2/c1-3-5-6-7-8-15(18-10-4-2)17-12-14-13-19-11-9-16(14)20-17/h12,15,18H,3-11,13H2,1-2H3. The van der Waals surface area contributed by atoms with Gasteiger partial charge in [0.05, 0.1) is 0 Å². The number of hydrogen-bond donors (Lipinski definition) is 1. The molecule has 1 N–H and O–H groups in total. The van der Waals surface area contributed by atoms with Crippen LogP contribution in [0.15, 0.2) is 6.07 Å². The second-order valence-corrected chi connectivity index (χ2v) is 8.03. The zero-order chi connectivity index (χ0) is 14.2. The topological polar surface area (TPSA) is 12.0 Å². The van der Waals surface area contributed by atoms with E-state index in [4.69, 9.17) is 0 Å². The molecule has 0 aliphatic carbocycles. The Kier molecular flexibility index (Phi) is 7.47. The van der Waals surface area contributed by atoms with Gasteiger partial charge in [-0.2, -0.15) is 11.8 Å². The van der Waals surface area contributed by atoms with E-state index in [1.165, 1.54) is 56.5 Å². The minimum Gasteiger partial charge on any atom is -0.309 e. The Labute approximate surface area is 132 Å². The van der Waals surface area contributed by atoms with E-state index in [-0.39, 0.29) is 0 Å². The second kappa shape index (κ2) is 9.11. The Bertz CT molecular complexity index is 363. The van der Waals surface area contributed by atoms with Gasteiger partial charge in [0.2, 0.25) is 0 Å². The van der Waals surface area contributed by atoms with Crippen LogP contribution in [0.1, 0.15) is 73.7 Å². The number of unbranched alkanes of at least 4 members (excludes halogenated alkanes) is 3. The molecule has 3 heteroatoms. The van der Waals surface area contributed by atoms with Crippen LogP contribution in [-0.4, -0.2) is 12.3 Å². The lowest BCUT2D eigenvalue weighted by Gasteiger charge is -2.17. The predicted molar refractivity (Wildman–Crippen MR) is 94.0 cm³/mol. The molecular formula is C17H29NS2. The maximum Gasteiger partial charge on any atom is 0.0415 e. The van der Waals surface area contributed by atoms with Crippen LogP contribution in [0.5, 0.6) is 0 Å². The summed E-state index contributed by atoms with van der Waals surface area (Å²) in [5.74, 6) is 2.55. The highest BCUT2D eigenvalue weighted by Gasteiger charge is 2.18. The molecule has 1 aromatic rings. The van der Waals surface area contributed by atoms with Crippen molar-refractivity contribution in [3.8, 4) is 0 Å². The Morgan fingerprint density at radius 3 is 2.85 bits per heavy atom. The lowest BCUT2D eigenvalue weighted by atomic mass is 10.0. The number of thioether (sulfide) groups is 1. The maximum atomic E-state index is 3.78. The Morgan fingerprint density at radius 1 is 1.20 bits per heavy atom. The molecule has 0 radical (unpaired) electrons. The lowest BCUT2D eigenvalue weighted by molar-refractivity contribution is 0.476. The minimum atomic E-state index is 0.604. The highest BCUT2D eigenvalue weighted by molar-refractivity contribution is 7.98. The lowest BCUT2D eigenvalue weighted by Crippen LogP contribution is -2.21. The number of thiophene rings is 1. The average molecular weight is 312 g/mol. The fraction of sp³-hybridized carbons (Fsp3) is 0.765. The summed E-state index contributed by atoms with van der Waals surface area (Å²) < 4.78 is 0. The molecule has 2 heterocycles. The van der Waals surface area contributed by atoms with E-state index in [0.717, 1.165) is 6.54 Å².